The summed E-state index contributed by atoms with van der Waals surface area (Å²) in [5, 5.41) is 9.10. The molecule has 0 unspecified atom stereocenters. The van der Waals surface area contributed by atoms with Gasteiger partial charge in [0.05, 0.1) is 13.0 Å². The second-order valence-electron chi connectivity index (χ2n) is 4.97. The van der Waals surface area contributed by atoms with Crippen LogP contribution in [0.3, 0.4) is 0 Å². The molecule has 0 aromatic heterocycles. The van der Waals surface area contributed by atoms with Crippen LogP contribution in [0.5, 0.6) is 5.75 Å². The number of carboxylic acid groups (broad SMARTS) is 1. The van der Waals surface area contributed by atoms with Gasteiger partial charge in [0.15, 0.2) is 0 Å². The van der Waals surface area contributed by atoms with Gasteiger partial charge in [0.25, 0.3) is 0 Å². The molecule has 0 radical (unpaired) electrons. The molecule has 4 nitrogen and oxygen atoms in total. The van der Waals surface area contributed by atoms with E-state index < -0.39 is 5.97 Å². The maximum atomic E-state index is 11.1. The van der Waals surface area contributed by atoms with Crippen LogP contribution in [0.2, 0.25) is 0 Å². The fourth-order valence-corrected chi connectivity index (χ4v) is 2.55. The number of hydrogen-bond donors (Lipinski definition) is 1. The number of ether oxygens (including phenoxy) is 1. The van der Waals surface area contributed by atoms with Crippen molar-refractivity contribution in [1.82, 2.24) is 4.90 Å². The van der Waals surface area contributed by atoms with Crippen molar-refractivity contribution in [2.45, 2.75) is 13.5 Å². The summed E-state index contributed by atoms with van der Waals surface area (Å²) in [6, 6.07) is 7.92. The molecule has 0 aliphatic carbocycles. The number of likely N-dealkylation sites (tertiary alicyclic amines) is 1. The van der Waals surface area contributed by atoms with Crippen LogP contribution in [0.4, 0.5) is 0 Å². The Bertz CT molecular complexity index is 433. The molecule has 1 aliphatic rings. The Hall–Kier alpha value is -1.55. The fourth-order valence-electron chi connectivity index (χ4n) is 2.55. The Labute approximate surface area is 107 Å². The lowest BCUT2D eigenvalue weighted by Crippen LogP contribution is -2.23. The molecule has 0 spiro atoms. The van der Waals surface area contributed by atoms with E-state index >= 15 is 0 Å². The normalized spacial score (nSPS) is 24.1. The van der Waals surface area contributed by atoms with Crippen LogP contribution in [-0.4, -0.2) is 36.2 Å². The van der Waals surface area contributed by atoms with E-state index in [1.165, 1.54) is 0 Å². The van der Waals surface area contributed by atoms with Gasteiger partial charge in [-0.2, -0.15) is 0 Å². The van der Waals surface area contributed by atoms with E-state index in [0.29, 0.717) is 6.54 Å². The van der Waals surface area contributed by atoms with E-state index in [-0.39, 0.29) is 11.8 Å². The minimum atomic E-state index is -0.685. The van der Waals surface area contributed by atoms with Crippen LogP contribution < -0.4 is 4.74 Å². The van der Waals surface area contributed by atoms with Crippen molar-refractivity contribution in [3.63, 3.8) is 0 Å². The van der Waals surface area contributed by atoms with Crippen LogP contribution in [0.1, 0.15) is 12.5 Å². The molecule has 2 atom stereocenters. The number of nitrogens with zero attached hydrogens (tertiary/aromatic N) is 1. The molecule has 1 aliphatic heterocycles. The molecule has 1 saturated heterocycles. The van der Waals surface area contributed by atoms with Gasteiger partial charge in [-0.1, -0.05) is 19.1 Å². The molecule has 1 fully saturated rings. The highest BCUT2D eigenvalue weighted by molar-refractivity contribution is 5.71. The summed E-state index contributed by atoms with van der Waals surface area (Å²) in [6.07, 6.45) is 0. The predicted molar refractivity (Wildman–Crippen MR) is 68.6 cm³/mol. The topological polar surface area (TPSA) is 49.8 Å². The first kappa shape index (κ1) is 12.9. The van der Waals surface area contributed by atoms with E-state index in [2.05, 4.69) is 4.90 Å². The minimum Gasteiger partial charge on any atom is -0.497 e. The van der Waals surface area contributed by atoms with Crippen LogP contribution in [0, 0.1) is 11.8 Å². The summed E-state index contributed by atoms with van der Waals surface area (Å²) >= 11 is 0. The zero-order chi connectivity index (χ0) is 13.1. The summed E-state index contributed by atoms with van der Waals surface area (Å²) in [5.41, 5.74) is 1.16. The summed E-state index contributed by atoms with van der Waals surface area (Å²) in [6.45, 7) is 4.26. The van der Waals surface area contributed by atoms with Gasteiger partial charge < -0.3 is 9.84 Å². The van der Waals surface area contributed by atoms with Gasteiger partial charge in [0.1, 0.15) is 5.75 Å². The maximum Gasteiger partial charge on any atom is 0.308 e. The first-order chi connectivity index (χ1) is 8.60. The summed E-state index contributed by atoms with van der Waals surface area (Å²) in [4.78, 5) is 13.3. The zero-order valence-corrected chi connectivity index (χ0v) is 10.8. The first-order valence-corrected chi connectivity index (χ1v) is 6.18. The fraction of sp³-hybridized carbons (Fsp3) is 0.500. The number of aliphatic carboxylic acids is 1. The van der Waals surface area contributed by atoms with Crippen molar-refractivity contribution in [2.75, 3.05) is 20.2 Å². The number of rotatable bonds is 4. The highest BCUT2D eigenvalue weighted by Crippen LogP contribution is 2.25. The Morgan fingerprint density at radius 2 is 2.28 bits per heavy atom. The molecule has 4 heteroatoms. The second-order valence-corrected chi connectivity index (χ2v) is 4.97. The van der Waals surface area contributed by atoms with Crippen molar-refractivity contribution < 1.29 is 14.6 Å². The van der Waals surface area contributed by atoms with Gasteiger partial charge in [-0.25, -0.2) is 0 Å². The van der Waals surface area contributed by atoms with Crippen molar-refractivity contribution in [1.29, 1.82) is 0 Å². The molecule has 1 aromatic rings. The predicted octanol–water partition coefficient (Wildman–Crippen LogP) is 1.85. The van der Waals surface area contributed by atoms with Crippen LogP contribution in [0.25, 0.3) is 0 Å². The average molecular weight is 249 g/mol. The van der Waals surface area contributed by atoms with Crippen molar-refractivity contribution in [3.8, 4) is 5.75 Å². The van der Waals surface area contributed by atoms with E-state index in [1.807, 2.05) is 31.2 Å². The lowest BCUT2D eigenvalue weighted by Gasteiger charge is -2.15. The molecule has 18 heavy (non-hydrogen) atoms. The monoisotopic (exact) mass is 249 g/mol. The summed E-state index contributed by atoms with van der Waals surface area (Å²) in [5.74, 6) is 0.133. The number of methoxy groups -OCH3 is 1. The van der Waals surface area contributed by atoms with E-state index in [0.717, 1.165) is 24.4 Å². The van der Waals surface area contributed by atoms with Gasteiger partial charge in [0, 0.05) is 19.6 Å². The molecule has 0 saturated carbocycles. The standard InChI is InChI=1S/C14H19NO3/c1-10-7-15(9-13(10)14(16)17)8-11-4-3-5-12(6-11)18-2/h3-6,10,13H,7-9H2,1-2H3,(H,16,17)/t10-,13-/m1/s1. The quantitative estimate of drug-likeness (QED) is 0.884. The number of benzene rings is 1. The molecule has 1 aromatic carbocycles. The maximum absolute atomic E-state index is 11.1. The molecule has 1 N–H and O–H groups in total. The van der Waals surface area contributed by atoms with Crippen LogP contribution in [-0.2, 0) is 11.3 Å². The van der Waals surface area contributed by atoms with Gasteiger partial charge in [-0.05, 0) is 23.6 Å². The van der Waals surface area contributed by atoms with Crippen molar-refractivity contribution >= 4 is 5.97 Å². The highest BCUT2D eigenvalue weighted by Gasteiger charge is 2.34. The molecule has 0 bridgehead atoms. The highest BCUT2D eigenvalue weighted by atomic mass is 16.5. The zero-order valence-electron chi connectivity index (χ0n) is 10.8. The van der Waals surface area contributed by atoms with Gasteiger partial charge in [-0.3, -0.25) is 9.69 Å². The molecule has 0 amide bonds. The molecule has 98 valence electrons. The molecular weight excluding hydrogens is 230 g/mol. The van der Waals surface area contributed by atoms with Gasteiger partial charge in [-0.15, -0.1) is 0 Å². The van der Waals surface area contributed by atoms with E-state index in [4.69, 9.17) is 9.84 Å². The molecule has 1 heterocycles. The Morgan fingerprint density at radius 3 is 2.89 bits per heavy atom. The Kier molecular flexibility index (Phi) is 3.87. The Balaban J connectivity index is 2.00. The molecular formula is C14H19NO3. The molecule has 2 rings (SSSR count). The number of hydrogen-bond acceptors (Lipinski definition) is 3. The summed E-state index contributed by atoms with van der Waals surface area (Å²) < 4.78 is 5.19. The lowest BCUT2D eigenvalue weighted by atomic mass is 9.99. The summed E-state index contributed by atoms with van der Waals surface area (Å²) in [7, 11) is 1.65. The lowest BCUT2D eigenvalue weighted by molar-refractivity contribution is -0.142. The van der Waals surface area contributed by atoms with Gasteiger partial charge in [0.2, 0.25) is 0 Å². The Morgan fingerprint density at radius 1 is 1.50 bits per heavy atom. The third-order valence-electron chi connectivity index (χ3n) is 3.55. The second kappa shape index (κ2) is 5.40. The third kappa shape index (κ3) is 2.82. The van der Waals surface area contributed by atoms with E-state index in [1.54, 1.807) is 7.11 Å². The van der Waals surface area contributed by atoms with Crippen LogP contribution in [0.15, 0.2) is 24.3 Å². The van der Waals surface area contributed by atoms with E-state index in [9.17, 15) is 4.79 Å². The largest absolute Gasteiger partial charge is 0.497 e. The third-order valence-corrected chi connectivity index (χ3v) is 3.55. The number of carboxylic acids is 1. The van der Waals surface area contributed by atoms with Crippen molar-refractivity contribution in [2.24, 2.45) is 11.8 Å². The minimum absolute atomic E-state index is 0.216. The number of carbonyl (C=O) groups is 1. The van der Waals surface area contributed by atoms with Gasteiger partial charge >= 0.3 is 5.97 Å². The smallest absolute Gasteiger partial charge is 0.308 e. The van der Waals surface area contributed by atoms with Crippen molar-refractivity contribution in [3.05, 3.63) is 29.8 Å². The first-order valence-electron chi connectivity index (χ1n) is 6.18. The average Bonchev–Trinajstić information content (AvgIpc) is 2.70. The SMILES string of the molecule is COc1cccc(CN2C[C@@H](C)[C@H](C(=O)O)C2)c1. The van der Waals surface area contributed by atoms with Crippen LogP contribution >= 0.6 is 0 Å².